The minimum Gasteiger partial charge on any atom is -0.493 e. The zero-order valence-electron chi connectivity index (χ0n) is 17.2. The molecule has 0 saturated heterocycles. The fourth-order valence-electron chi connectivity index (χ4n) is 2.86. The number of carbonyl (C=O) groups excluding carboxylic acids is 1. The molecule has 0 unspecified atom stereocenters. The van der Waals surface area contributed by atoms with Crippen molar-refractivity contribution in [1.29, 1.82) is 0 Å². The summed E-state index contributed by atoms with van der Waals surface area (Å²) in [5.41, 5.74) is 4.22. The van der Waals surface area contributed by atoms with Crippen LogP contribution in [0.4, 0.5) is 5.69 Å². The molecule has 0 radical (unpaired) electrons. The minimum absolute atomic E-state index is 0.106. The highest BCUT2D eigenvalue weighted by atomic mass is 35.5. The van der Waals surface area contributed by atoms with Crippen LogP contribution >= 0.6 is 11.6 Å². The Morgan fingerprint density at radius 2 is 1.88 bits per heavy atom. The first-order valence-electron chi connectivity index (χ1n) is 9.55. The molecular weight excluding hydrogens is 434 g/mol. The van der Waals surface area contributed by atoms with Crippen molar-refractivity contribution in [3.8, 4) is 11.5 Å². The Labute approximate surface area is 189 Å². The standard InChI is InChI=1S/C23H20ClN3O5/c1-31-22-12-17(8-11-21(22)32-15-16-6-9-19(24)10-7-16)14-25-26-23(28)13-18-4-2-3-5-20(18)27(29)30/h2-12,14H,13,15H2,1H3,(H,26,28). The van der Waals surface area contributed by atoms with E-state index in [4.69, 9.17) is 21.1 Å². The lowest BCUT2D eigenvalue weighted by Gasteiger charge is -2.11. The van der Waals surface area contributed by atoms with Gasteiger partial charge in [0.05, 0.1) is 24.7 Å². The van der Waals surface area contributed by atoms with Crippen molar-refractivity contribution in [1.82, 2.24) is 5.43 Å². The van der Waals surface area contributed by atoms with Crippen LogP contribution in [-0.2, 0) is 17.8 Å². The van der Waals surface area contributed by atoms with Crippen LogP contribution in [-0.4, -0.2) is 24.2 Å². The maximum atomic E-state index is 12.1. The third kappa shape index (κ3) is 6.29. The zero-order chi connectivity index (χ0) is 22.9. The largest absolute Gasteiger partial charge is 0.493 e. The van der Waals surface area contributed by atoms with E-state index in [2.05, 4.69) is 10.5 Å². The minimum atomic E-state index is -0.519. The summed E-state index contributed by atoms with van der Waals surface area (Å²) in [7, 11) is 1.53. The van der Waals surface area contributed by atoms with E-state index in [0.717, 1.165) is 5.56 Å². The Hall–Kier alpha value is -3.91. The number of hydrazone groups is 1. The van der Waals surface area contributed by atoms with Gasteiger partial charge < -0.3 is 9.47 Å². The number of hydrogen-bond acceptors (Lipinski definition) is 6. The Morgan fingerprint density at radius 3 is 2.59 bits per heavy atom. The molecule has 0 heterocycles. The average Bonchev–Trinajstić information content (AvgIpc) is 2.79. The number of ether oxygens (including phenoxy) is 2. The van der Waals surface area contributed by atoms with Crippen molar-refractivity contribution in [2.24, 2.45) is 5.10 Å². The summed E-state index contributed by atoms with van der Waals surface area (Å²) >= 11 is 5.89. The number of halogens is 1. The molecule has 0 aliphatic rings. The van der Waals surface area contributed by atoms with Crippen LogP contribution in [0.1, 0.15) is 16.7 Å². The molecule has 32 heavy (non-hydrogen) atoms. The van der Waals surface area contributed by atoms with E-state index < -0.39 is 10.8 Å². The lowest BCUT2D eigenvalue weighted by atomic mass is 10.1. The summed E-state index contributed by atoms with van der Waals surface area (Å²) in [4.78, 5) is 22.6. The van der Waals surface area contributed by atoms with Gasteiger partial charge in [-0.15, -0.1) is 0 Å². The summed E-state index contributed by atoms with van der Waals surface area (Å²) in [6, 6.07) is 18.6. The number of nitro groups is 1. The number of nitro benzene ring substituents is 1. The van der Waals surface area contributed by atoms with E-state index in [0.29, 0.717) is 34.3 Å². The lowest BCUT2D eigenvalue weighted by Crippen LogP contribution is -2.20. The Kier molecular flexibility index (Phi) is 7.77. The maximum absolute atomic E-state index is 12.1. The fraction of sp³-hybridized carbons (Fsp3) is 0.130. The first-order valence-corrected chi connectivity index (χ1v) is 9.93. The molecule has 1 N–H and O–H groups in total. The van der Waals surface area contributed by atoms with Gasteiger partial charge in [-0.3, -0.25) is 14.9 Å². The quantitative estimate of drug-likeness (QED) is 0.291. The number of hydrogen-bond donors (Lipinski definition) is 1. The first kappa shape index (κ1) is 22.8. The Bertz CT molecular complexity index is 1130. The van der Waals surface area contributed by atoms with Gasteiger partial charge in [0.25, 0.3) is 5.69 Å². The number of rotatable bonds is 9. The molecule has 0 fully saturated rings. The smallest absolute Gasteiger partial charge is 0.273 e. The van der Waals surface area contributed by atoms with Gasteiger partial charge in [0, 0.05) is 16.7 Å². The van der Waals surface area contributed by atoms with Gasteiger partial charge in [-0.25, -0.2) is 5.43 Å². The molecule has 3 rings (SSSR count). The van der Waals surface area contributed by atoms with Crippen LogP contribution in [0.2, 0.25) is 5.02 Å². The Balaban J connectivity index is 1.59. The summed E-state index contributed by atoms with van der Waals surface area (Å²) in [6.45, 7) is 0.350. The predicted octanol–water partition coefficient (Wildman–Crippen LogP) is 4.53. The second-order valence-corrected chi connectivity index (χ2v) is 7.12. The number of methoxy groups -OCH3 is 1. The SMILES string of the molecule is COc1cc(C=NNC(=O)Cc2ccccc2[N+](=O)[O-])ccc1OCc1ccc(Cl)cc1. The highest BCUT2D eigenvalue weighted by Crippen LogP contribution is 2.28. The third-order valence-corrected chi connectivity index (χ3v) is 4.69. The number of carbonyl (C=O) groups is 1. The molecular formula is C23H20ClN3O5. The summed E-state index contributed by atoms with van der Waals surface area (Å²) in [5.74, 6) is 0.597. The van der Waals surface area contributed by atoms with Gasteiger partial charge in [0.1, 0.15) is 6.61 Å². The van der Waals surface area contributed by atoms with Crippen LogP contribution in [0, 0.1) is 10.1 Å². The maximum Gasteiger partial charge on any atom is 0.273 e. The second kappa shape index (κ2) is 10.9. The van der Waals surface area contributed by atoms with E-state index in [1.165, 1.54) is 25.5 Å². The van der Waals surface area contributed by atoms with Gasteiger partial charge in [0.2, 0.25) is 5.91 Å². The molecule has 0 aromatic heterocycles. The predicted molar refractivity (Wildman–Crippen MR) is 121 cm³/mol. The molecule has 0 atom stereocenters. The molecule has 8 nitrogen and oxygen atoms in total. The molecule has 9 heteroatoms. The molecule has 0 aliphatic carbocycles. The highest BCUT2D eigenvalue weighted by Gasteiger charge is 2.15. The first-order chi connectivity index (χ1) is 15.5. The van der Waals surface area contributed by atoms with E-state index in [-0.39, 0.29) is 12.1 Å². The lowest BCUT2D eigenvalue weighted by molar-refractivity contribution is -0.385. The van der Waals surface area contributed by atoms with Crippen molar-refractivity contribution in [2.75, 3.05) is 7.11 Å². The van der Waals surface area contributed by atoms with Crippen molar-refractivity contribution < 1.29 is 19.2 Å². The van der Waals surface area contributed by atoms with Gasteiger partial charge in [-0.1, -0.05) is 41.9 Å². The van der Waals surface area contributed by atoms with E-state index in [1.807, 2.05) is 12.1 Å². The summed E-state index contributed by atoms with van der Waals surface area (Å²) < 4.78 is 11.2. The monoisotopic (exact) mass is 453 g/mol. The van der Waals surface area contributed by atoms with Crippen LogP contribution in [0.25, 0.3) is 0 Å². The molecule has 0 aliphatic heterocycles. The molecule has 0 saturated carbocycles. The fourth-order valence-corrected chi connectivity index (χ4v) is 2.98. The summed E-state index contributed by atoms with van der Waals surface area (Å²) in [6.07, 6.45) is 1.29. The van der Waals surface area contributed by atoms with E-state index in [1.54, 1.807) is 42.5 Å². The third-order valence-electron chi connectivity index (χ3n) is 4.44. The average molecular weight is 454 g/mol. The van der Waals surface area contributed by atoms with Gasteiger partial charge in [0.15, 0.2) is 11.5 Å². The van der Waals surface area contributed by atoms with Crippen LogP contribution in [0.15, 0.2) is 71.8 Å². The van der Waals surface area contributed by atoms with E-state index >= 15 is 0 Å². The molecule has 3 aromatic rings. The Morgan fingerprint density at radius 1 is 1.12 bits per heavy atom. The van der Waals surface area contributed by atoms with Crippen LogP contribution < -0.4 is 14.9 Å². The van der Waals surface area contributed by atoms with E-state index in [9.17, 15) is 14.9 Å². The van der Waals surface area contributed by atoms with Crippen molar-refractivity contribution in [2.45, 2.75) is 13.0 Å². The number of nitrogens with zero attached hydrogens (tertiary/aromatic N) is 2. The zero-order valence-corrected chi connectivity index (χ0v) is 17.9. The number of amides is 1. The van der Waals surface area contributed by atoms with Crippen molar-refractivity contribution >= 4 is 29.4 Å². The topological polar surface area (TPSA) is 103 Å². The number of para-hydroxylation sites is 1. The number of nitrogens with one attached hydrogen (secondary N) is 1. The van der Waals surface area contributed by atoms with Crippen LogP contribution in [0.5, 0.6) is 11.5 Å². The molecule has 0 bridgehead atoms. The molecule has 164 valence electrons. The van der Waals surface area contributed by atoms with Crippen LogP contribution in [0.3, 0.4) is 0 Å². The highest BCUT2D eigenvalue weighted by molar-refractivity contribution is 6.30. The molecule has 3 aromatic carbocycles. The molecule has 1 amide bonds. The van der Waals surface area contributed by atoms with Crippen molar-refractivity contribution in [3.63, 3.8) is 0 Å². The summed E-state index contributed by atoms with van der Waals surface area (Å²) in [5, 5.41) is 15.6. The second-order valence-electron chi connectivity index (χ2n) is 6.68. The van der Waals surface area contributed by atoms with Gasteiger partial charge >= 0.3 is 0 Å². The normalized spacial score (nSPS) is 10.7. The van der Waals surface area contributed by atoms with Gasteiger partial charge in [-0.05, 0) is 41.5 Å². The van der Waals surface area contributed by atoms with Gasteiger partial charge in [-0.2, -0.15) is 5.10 Å². The van der Waals surface area contributed by atoms with Crippen molar-refractivity contribution in [3.05, 3.63) is 98.6 Å². The number of benzene rings is 3. The molecule has 0 spiro atoms.